The Bertz CT molecular complexity index is 1010. The van der Waals surface area contributed by atoms with Crippen LogP contribution in [0.3, 0.4) is 0 Å². The van der Waals surface area contributed by atoms with Gasteiger partial charge in [-0.2, -0.15) is 0 Å². The van der Waals surface area contributed by atoms with E-state index in [9.17, 15) is 4.79 Å². The van der Waals surface area contributed by atoms with Gasteiger partial charge in [0, 0.05) is 17.8 Å². The van der Waals surface area contributed by atoms with E-state index < -0.39 is 0 Å². The SMILES string of the molecule is O=C(NCC12CC(CO1)C2)Nc1cccc(-c2cn(Cc3ccccc3)nn2)c1. The van der Waals surface area contributed by atoms with Gasteiger partial charge in [-0.3, -0.25) is 0 Å². The molecule has 0 atom stereocenters. The van der Waals surface area contributed by atoms with Gasteiger partial charge in [-0.15, -0.1) is 5.10 Å². The molecular weight excluding hydrogens is 366 g/mol. The van der Waals surface area contributed by atoms with Gasteiger partial charge >= 0.3 is 6.03 Å². The minimum absolute atomic E-state index is 0.124. The van der Waals surface area contributed by atoms with Crippen molar-refractivity contribution in [1.82, 2.24) is 20.3 Å². The zero-order chi connectivity index (χ0) is 19.7. The highest BCUT2D eigenvalue weighted by Gasteiger charge is 2.51. The first-order valence-corrected chi connectivity index (χ1v) is 9.91. The van der Waals surface area contributed by atoms with Gasteiger partial charge in [0.15, 0.2) is 0 Å². The summed E-state index contributed by atoms with van der Waals surface area (Å²) in [5.41, 5.74) is 3.43. The van der Waals surface area contributed by atoms with Gasteiger partial charge in [-0.25, -0.2) is 9.48 Å². The first-order chi connectivity index (χ1) is 14.2. The van der Waals surface area contributed by atoms with Crippen molar-refractivity contribution in [3.05, 3.63) is 66.4 Å². The molecule has 2 bridgehead atoms. The number of benzene rings is 2. The van der Waals surface area contributed by atoms with Gasteiger partial charge in [0.1, 0.15) is 5.69 Å². The van der Waals surface area contributed by atoms with Crippen molar-refractivity contribution in [3.63, 3.8) is 0 Å². The van der Waals surface area contributed by atoms with Gasteiger partial charge in [0.25, 0.3) is 0 Å². The van der Waals surface area contributed by atoms with E-state index in [1.54, 1.807) is 0 Å². The standard InChI is InChI=1S/C22H23N5O2/c28-21(23-15-22-10-17(11-22)14-29-22)24-19-8-4-7-18(9-19)20-13-27(26-25-20)12-16-5-2-1-3-6-16/h1-9,13,17H,10-12,14-15H2,(H2,23,24,28). The third kappa shape index (κ3) is 3.86. The lowest BCUT2D eigenvalue weighted by Gasteiger charge is -2.35. The maximum Gasteiger partial charge on any atom is 0.319 e. The number of carbonyl (C=O) groups excluding carboxylic acids is 1. The number of ether oxygens (including phenoxy) is 1. The van der Waals surface area contributed by atoms with Crippen molar-refractivity contribution < 1.29 is 9.53 Å². The Morgan fingerprint density at radius 3 is 2.83 bits per heavy atom. The Morgan fingerprint density at radius 1 is 1.17 bits per heavy atom. The van der Waals surface area contributed by atoms with Gasteiger partial charge in [-0.05, 0) is 36.5 Å². The number of nitrogens with zero attached hydrogens (tertiary/aromatic N) is 3. The highest BCUT2D eigenvalue weighted by atomic mass is 16.5. The third-order valence-corrected chi connectivity index (χ3v) is 5.66. The topological polar surface area (TPSA) is 81.1 Å². The van der Waals surface area contributed by atoms with E-state index >= 15 is 0 Å². The fourth-order valence-electron chi connectivity index (χ4n) is 4.17. The van der Waals surface area contributed by atoms with Gasteiger partial charge in [0.2, 0.25) is 0 Å². The van der Waals surface area contributed by atoms with Crippen molar-refractivity contribution in [2.24, 2.45) is 5.92 Å². The molecule has 3 fully saturated rings. The van der Waals surface area contributed by atoms with E-state index in [4.69, 9.17) is 4.74 Å². The van der Waals surface area contributed by atoms with Crippen LogP contribution in [-0.2, 0) is 11.3 Å². The molecule has 0 unspecified atom stereocenters. The molecule has 2 aromatic carbocycles. The second-order valence-corrected chi connectivity index (χ2v) is 7.94. The number of hydrogen-bond acceptors (Lipinski definition) is 4. The molecule has 2 amide bonds. The smallest absolute Gasteiger partial charge is 0.319 e. The van der Waals surface area contributed by atoms with E-state index in [0.717, 1.165) is 30.7 Å². The van der Waals surface area contributed by atoms with Crippen LogP contribution in [0.25, 0.3) is 11.3 Å². The maximum atomic E-state index is 12.3. The molecule has 1 aliphatic carbocycles. The zero-order valence-electron chi connectivity index (χ0n) is 16.0. The normalized spacial score (nSPS) is 22.1. The van der Waals surface area contributed by atoms with E-state index in [1.165, 1.54) is 5.56 Å². The van der Waals surface area contributed by atoms with Crippen molar-refractivity contribution in [2.45, 2.75) is 25.0 Å². The van der Waals surface area contributed by atoms with E-state index in [-0.39, 0.29) is 11.6 Å². The number of aromatic nitrogens is 3. The minimum Gasteiger partial charge on any atom is -0.373 e. The first-order valence-electron chi connectivity index (χ1n) is 9.91. The Morgan fingerprint density at radius 2 is 2.03 bits per heavy atom. The van der Waals surface area contributed by atoms with Crippen LogP contribution in [0, 0.1) is 5.92 Å². The lowest BCUT2D eigenvalue weighted by Crippen LogP contribution is -2.48. The Hall–Kier alpha value is -3.19. The van der Waals surface area contributed by atoms with Crippen LogP contribution in [0.15, 0.2) is 60.8 Å². The average molecular weight is 389 g/mol. The summed E-state index contributed by atoms with van der Waals surface area (Å²) in [7, 11) is 0. The highest BCUT2D eigenvalue weighted by molar-refractivity contribution is 5.90. The molecular formula is C22H23N5O2. The fourth-order valence-corrected chi connectivity index (χ4v) is 4.17. The van der Waals surface area contributed by atoms with Gasteiger partial charge in [0.05, 0.1) is 24.9 Å². The summed E-state index contributed by atoms with van der Waals surface area (Å²) in [6.45, 7) is 2.05. The fraction of sp³-hybridized carbons (Fsp3) is 0.318. The molecule has 3 heterocycles. The largest absolute Gasteiger partial charge is 0.373 e. The summed E-state index contributed by atoms with van der Waals surface area (Å²) in [4.78, 5) is 12.3. The van der Waals surface area contributed by atoms with Crippen molar-refractivity contribution in [1.29, 1.82) is 0 Å². The van der Waals surface area contributed by atoms with Crippen molar-refractivity contribution in [3.8, 4) is 11.3 Å². The third-order valence-electron chi connectivity index (χ3n) is 5.66. The number of rotatable bonds is 6. The second kappa shape index (κ2) is 7.33. The predicted octanol–water partition coefficient (Wildman–Crippen LogP) is 3.29. The summed E-state index contributed by atoms with van der Waals surface area (Å²) in [5.74, 6) is 0.687. The predicted molar refractivity (Wildman–Crippen MR) is 109 cm³/mol. The summed E-state index contributed by atoms with van der Waals surface area (Å²) in [6, 6.07) is 17.5. The van der Waals surface area contributed by atoms with Crippen LogP contribution < -0.4 is 10.6 Å². The Kier molecular flexibility index (Phi) is 4.52. The van der Waals surface area contributed by atoms with Crippen LogP contribution in [0.2, 0.25) is 0 Å². The summed E-state index contributed by atoms with van der Waals surface area (Å²) >= 11 is 0. The molecule has 2 N–H and O–H groups in total. The first kappa shape index (κ1) is 17.9. The number of amides is 2. The minimum atomic E-state index is -0.219. The maximum absolute atomic E-state index is 12.3. The molecule has 2 aliphatic heterocycles. The summed E-state index contributed by atoms with van der Waals surface area (Å²) in [5, 5.41) is 14.3. The Balaban J connectivity index is 1.21. The second-order valence-electron chi connectivity index (χ2n) is 7.94. The van der Waals surface area contributed by atoms with Crippen LogP contribution >= 0.6 is 0 Å². The number of urea groups is 1. The Labute approximate surface area is 169 Å². The van der Waals surface area contributed by atoms with Crippen LogP contribution in [-0.4, -0.2) is 39.8 Å². The molecule has 1 aromatic heterocycles. The van der Waals surface area contributed by atoms with E-state index in [0.29, 0.717) is 24.7 Å². The molecule has 0 radical (unpaired) electrons. The molecule has 0 spiro atoms. The quantitative estimate of drug-likeness (QED) is 0.678. The summed E-state index contributed by atoms with van der Waals surface area (Å²) < 4.78 is 7.59. The molecule has 1 saturated carbocycles. The van der Waals surface area contributed by atoms with Crippen molar-refractivity contribution in [2.75, 3.05) is 18.5 Å². The molecule has 2 saturated heterocycles. The van der Waals surface area contributed by atoms with Crippen LogP contribution in [0.5, 0.6) is 0 Å². The average Bonchev–Trinajstić information content (AvgIpc) is 3.43. The number of anilines is 1. The highest BCUT2D eigenvalue weighted by Crippen LogP contribution is 2.47. The van der Waals surface area contributed by atoms with Gasteiger partial charge in [-0.1, -0.05) is 47.7 Å². The van der Waals surface area contributed by atoms with Crippen molar-refractivity contribution >= 4 is 11.7 Å². The lowest BCUT2D eigenvalue weighted by atomic mass is 9.74. The number of carbonyl (C=O) groups is 1. The van der Waals surface area contributed by atoms with Crippen LogP contribution in [0.4, 0.5) is 10.5 Å². The van der Waals surface area contributed by atoms with Crippen LogP contribution in [0.1, 0.15) is 18.4 Å². The molecule has 7 heteroatoms. The monoisotopic (exact) mass is 389 g/mol. The van der Waals surface area contributed by atoms with E-state index in [2.05, 4.69) is 33.1 Å². The lowest BCUT2D eigenvalue weighted by molar-refractivity contribution is 0.00546. The molecule has 29 heavy (non-hydrogen) atoms. The van der Waals surface area contributed by atoms with E-state index in [1.807, 2.05) is 53.3 Å². The molecule has 3 aliphatic rings. The molecule has 6 rings (SSSR count). The molecule has 7 nitrogen and oxygen atoms in total. The molecule has 148 valence electrons. The number of hydrogen-bond donors (Lipinski definition) is 2. The number of nitrogens with one attached hydrogen (secondary N) is 2. The zero-order valence-corrected chi connectivity index (χ0v) is 16.0. The van der Waals surface area contributed by atoms with Gasteiger partial charge < -0.3 is 15.4 Å². The number of fused-ring (bicyclic) bond motifs is 1. The summed E-state index contributed by atoms with van der Waals surface area (Å²) in [6.07, 6.45) is 4.03. The molecule has 3 aromatic rings.